The molecule has 2 aromatic rings. The van der Waals surface area contributed by atoms with Crippen LogP contribution in [0.2, 0.25) is 0 Å². The molecule has 0 bridgehead atoms. The molecule has 1 atom stereocenters. The molecule has 0 aliphatic carbocycles. The third-order valence-corrected chi connectivity index (χ3v) is 5.18. The van der Waals surface area contributed by atoms with Crippen molar-refractivity contribution in [3.8, 4) is 5.95 Å². The molecule has 2 heterocycles. The van der Waals surface area contributed by atoms with Crippen LogP contribution in [0.1, 0.15) is 42.3 Å². The second-order valence-electron chi connectivity index (χ2n) is 7.17. The van der Waals surface area contributed by atoms with Gasteiger partial charge in [0.25, 0.3) is 11.9 Å². The van der Waals surface area contributed by atoms with Gasteiger partial charge in [0.2, 0.25) is 0 Å². The number of nitrogens with zero attached hydrogens (tertiary/aromatic N) is 1. The maximum Gasteiger partial charge on any atom is 0.314 e. The van der Waals surface area contributed by atoms with Crippen LogP contribution in [-0.2, 0) is 9.53 Å². The molecule has 1 fully saturated rings. The molecule has 1 amide bonds. The third kappa shape index (κ3) is 4.88. The van der Waals surface area contributed by atoms with E-state index in [2.05, 4.69) is 0 Å². The number of likely N-dealkylation sites (tertiary alicyclic amines) is 1. The summed E-state index contributed by atoms with van der Waals surface area (Å²) in [5, 5.41) is 0. The van der Waals surface area contributed by atoms with Crippen LogP contribution in [-0.4, -0.2) is 43.6 Å². The maximum absolute atomic E-state index is 12.9. The summed E-state index contributed by atoms with van der Waals surface area (Å²) in [6.45, 7) is 2.98. The van der Waals surface area contributed by atoms with Gasteiger partial charge in [-0.1, -0.05) is 42.5 Å². The maximum atomic E-state index is 12.9. The van der Waals surface area contributed by atoms with Crippen LogP contribution in [0.4, 0.5) is 0 Å². The van der Waals surface area contributed by atoms with E-state index in [9.17, 15) is 9.59 Å². The van der Waals surface area contributed by atoms with Gasteiger partial charge in [-0.25, -0.2) is 0 Å². The number of furan rings is 1. The first-order valence-electron chi connectivity index (χ1n) is 9.90. The van der Waals surface area contributed by atoms with E-state index in [0.29, 0.717) is 32.5 Å². The highest BCUT2D eigenvalue weighted by molar-refractivity contribution is 5.92. The van der Waals surface area contributed by atoms with Crippen LogP contribution in [0, 0.1) is 5.41 Å². The fourth-order valence-corrected chi connectivity index (χ4v) is 3.69. The monoisotopic (exact) mass is 397 g/mol. The number of allylic oxidation sites excluding steroid dienone is 1. The van der Waals surface area contributed by atoms with Crippen molar-refractivity contribution in [3.63, 3.8) is 0 Å². The van der Waals surface area contributed by atoms with Crippen LogP contribution in [0.3, 0.4) is 0 Å². The predicted molar refractivity (Wildman–Crippen MR) is 110 cm³/mol. The van der Waals surface area contributed by atoms with Crippen molar-refractivity contribution in [2.75, 3.05) is 26.8 Å². The molecule has 1 saturated heterocycles. The number of benzene rings is 1. The zero-order valence-corrected chi connectivity index (χ0v) is 16.9. The Kier molecular flexibility index (Phi) is 6.75. The molecule has 1 aliphatic heterocycles. The highest BCUT2D eigenvalue weighted by Gasteiger charge is 2.44. The first-order chi connectivity index (χ1) is 14.1. The summed E-state index contributed by atoms with van der Waals surface area (Å²) >= 11 is 0. The van der Waals surface area contributed by atoms with Crippen LogP contribution in [0.5, 0.6) is 5.95 Å². The average molecular weight is 397 g/mol. The van der Waals surface area contributed by atoms with Crippen LogP contribution < -0.4 is 4.74 Å². The van der Waals surface area contributed by atoms with Crippen molar-refractivity contribution in [3.05, 3.63) is 59.9 Å². The summed E-state index contributed by atoms with van der Waals surface area (Å²) in [5.41, 5.74) is 0.309. The number of esters is 1. The van der Waals surface area contributed by atoms with Gasteiger partial charge in [0.1, 0.15) is 0 Å². The Morgan fingerprint density at radius 1 is 1.21 bits per heavy atom. The summed E-state index contributed by atoms with van der Waals surface area (Å²) in [6.07, 6.45) is 5.90. The minimum atomic E-state index is -0.758. The van der Waals surface area contributed by atoms with Gasteiger partial charge in [0.05, 0.1) is 19.1 Å². The first-order valence-corrected chi connectivity index (χ1v) is 9.90. The Hall–Kier alpha value is -3.02. The zero-order valence-electron chi connectivity index (χ0n) is 16.9. The SMILES string of the molecule is CCOC(=O)[C@]1(C/C=C/c2ccccc2)CCCN(C(=O)c2ccc(OC)o2)C1. The molecule has 1 aromatic heterocycles. The first kappa shape index (κ1) is 20.7. The van der Waals surface area contributed by atoms with E-state index in [1.165, 1.54) is 7.11 Å². The smallest absolute Gasteiger partial charge is 0.314 e. The summed E-state index contributed by atoms with van der Waals surface area (Å²) < 4.78 is 15.8. The quantitative estimate of drug-likeness (QED) is 0.656. The molecule has 154 valence electrons. The van der Waals surface area contributed by atoms with E-state index in [4.69, 9.17) is 13.9 Å². The minimum Gasteiger partial charge on any atom is -0.468 e. The van der Waals surface area contributed by atoms with Crippen LogP contribution in [0.25, 0.3) is 6.08 Å². The largest absolute Gasteiger partial charge is 0.468 e. The fraction of sp³-hybridized carbons (Fsp3) is 0.391. The van der Waals surface area contributed by atoms with Crippen molar-refractivity contribution in [1.82, 2.24) is 4.90 Å². The third-order valence-electron chi connectivity index (χ3n) is 5.18. The highest BCUT2D eigenvalue weighted by Crippen LogP contribution is 2.36. The standard InChI is InChI=1S/C23H27NO5/c1-3-28-22(26)23(14-7-11-18-9-5-4-6-10-18)15-8-16-24(17-23)21(25)19-12-13-20(27-2)29-19/h4-7,9-13H,3,8,14-17H2,1-2H3/b11-7+/t23-/m1/s1. The van der Waals surface area contributed by atoms with E-state index in [1.807, 2.05) is 42.5 Å². The molecular formula is C23H27NO5. The highest BCUT2D eigenvalue weighted by atomic mass is 16.6. The number of carbonyl (C=O) groups excluding carboxylic acids is 2. The molecular weight excluding hydrogens is 370 g/mol. The van der Waals surface area contributed by atoms with Crippen molar-refractivity contribution < 1.29 is 23.5 Å². The number of rotatable bonds is 7. The Morgan fingerprint density at radius 3 is 2.69 bits per heavy atom. The van der Waals surface area contributed by atoms with Crippen LogP contribution in [0.15, 0.2) is 53.0 Å². The van der Waals surface area contributed by atoms with Gasteiger partial charge in [0, 0.05) is 19.2 Å². The van der Waals surface area contributed by atoms with Crippen molar-refractivity contribution >= 4 is 18.0 Å². The van der Waals surface area contributed by atoms with Gasteiger partial charge >= 0.3 is 5.97 Å². The second-order valence-corrected chi connectivity index (χ2v) is 7.17. The normalized spacial score (nSPS) is 19.3. The Labute approximate surface area is 171 Å². The number of hydrogen-bond donors (Lipinski definition) is 0. The average Bonchev–Trinajstić information content (AvgIpc) is 3.23. The topological polar surface area (TPSA) is 69.0 Å². The molecule has 0 spiro atoms. The summed E-state index contributed by atoms with van der Waals surface area (Å²) in [6, 6.07) is 13.1. The molecule has 0 unspecified atom stereocenters. The van der Waals surface area contributed by atoms with Crippen LogP contribution >= 0.6 is 0 Å². The number of amides is 1. The minimum absolute atomic E-state index is 0.210. The van der Waals surface area contributed by atoms with E-state index in [-0.39, 0.29) is 23.6 Å². The van der Waals surface area contributed by atoms with Gasteiger partial charge in [-0.15, -0.1) is 0 Å². The molecule has 3 rings (SSSR count). The Balaban J connectivity index is 1.78. The lowest BCUT2D eigenvalue weighted by Gasteiger charge is -2.40. The molecule has 6 nitrogen and oxygen atoms in total. The van der Waals surface area contributed by atoms with Gasteiger partial charge in [-0.2, -0.15) is 0 Å². The molecule has 1 aromatic carbocycles. The number of hydrogen-bond acceptors (Lipinski definition) is 5. The lowest BCUT2D eigenvalue weighted by Crippen LogP contribution is -2.50. The Bertz CT molecular complexity index is 857. The summed E-state index contributed by atoms with van der Waals surface area (Å²) in [7, 11) is 1.48. The van der Waals surface area contributed by atoms with Crippen molar-refractivity contribution in [2.45, 2.75) is 26.2 Å². The lowest BCUT2D eigenvalue weighted by molar-refractivity contribution is -0.158. The molecule has 0 N–H and O–H groups in total. The summed E-state index contributed by atoms with van der Waals surface area (Å²) in [4.78, 5) is 27.5. The van der Waals surface area contributed by atoms with E-state index in [1.54, 1.807) is 24.0 Å². The molecule has 6 heteroatoms. The summed E-state index contributed by atoms with van der Waals surface area (Å²) in [5.74, 6) is -0.00454. The van der Waals surface area contributed by atoms with E-state index in [0.717, 1.165) is 12.0 Å². The van der Waals surface area contributed by atoms with Gasteiger partial charge in [0.15, 0.2) is 5.76 Å². The second kappa shape index (κ2) is 9.45. The van der Waals surface area contributed by atoms with Crippen molar-refractivity contribution in [2.24, 2.45) is 5.41 Å². The fourth-order valence-electron chi connectivity index (χ4n) is 3.69. The number of carbonyl (C=O) groups is 2. The molecule has 0 radical (unpaired) electrons. The lowest BCUT2D eigenvalue weighted by atomic mass is 9.76. The Morgan fingerprint density at radius 2 is 2.00 bits per heavy atom. The molecule has 29 heavy (non-hydrogen) atoms. The number of piperidine rings is 1. The van der Waals surface area contributed by atoms with E-state index >= 15 is 0 Å². The van der Waals surface area contributed by atoms with Gasteiger partial charge < -0.3 is 18.8 Å². The van der Waals surface area contributed by atoms with Crippen molar-refractivity contribution in [1.29, 1.82) is 0 Å². The predicted octanol–water partition coefficient (Wildman–Crippen LogP) is 4.18. The van der Waals surface area contributed by atoms with Gasteiger partial charge in [-0.3, -0.25) is 9.59 Å². The number of methoxy groups -OCH3 is 1. The zero-order chi connectivity index (χ0) is 20.7. The van der Waals surface area contributed by atoms with E-state index < -0.39 is 5.41 Å². The molecule has 0 saturated carbocycles. The molecule has 1 aliphatic rings. The number of ether oxygens (including phenoxy) is 2. The van der Waals surface area contributed by atoms with Gasteiger partial charge in [-0.05, 0) is 37.8 Å².